The average Bonchev–Trinajstić information content (AvgIpc) is 3.08. The van der Waals surface area contributed by atoms with Crippen LogP contribution in [0.25, 0.3) is 0 Å². The van der Waals surface area contributed by atoms with Crippen LogP contribution in [0.1, 0.15) is 53.4 Å². The van der Waals surface area contributed by atoms with Crippen LogP contribution in [-0.4, -0.2) is 45.2 Å². The number of carbonyl (C=O) groups excluding carboxylic acids is 3. The molecule has 0 bridgehead atoms. The summed E-state index contributed by atoms with van der Waals surface area (Å²) in [5.74, 6) is -3.61. The van der Waals surface area contributed by atoms with Crippen molar-refractivity contribution < 1.29 is 29.0 Å². The van der Waals surface area contributed by atoms with Gasteiger partial charge in [0.25, 0.3) is 11.8 Å². The zero-order valence-corrected chi connectivity index (χ0v) is 15.0. The third-order valence-corrected chi connectivity index (χ3v) is 4.68. The van der Waals surface area contributed by atoms with Gasteiger partial charge in [0.2, 0.25) is 0 Å². The highest BCUT2D eigenvalue weighted by Gasteiger charge is 2.28. The number of esters is 1. The quantitative estimate of drug-likeness (QED) is 0.632. The third kappa shape index (κ3) is 3.42. The molecule has 138 valence electrons. The average molecular weight is 380 g/mol. The van der Waals surface area contributed by atoms with E-state index in [-0.39, 0.29) is 38.9 Å². The number of aromatic nitrogens is 2. The molecular formula is C15H16N4O6S. The molecule has 0 spiro atoms. The van der Waals surface area contributed by atoms with Crippen molar-refractivity contribution in [3.8, 4) is 0 Å². The summed E-state index contributed by atoms with van der Waals surface area (Å²) in [6, 6.07) is 0. The molecule has 2 amide bonds. The molecule has 2 heterocycles. The van der Waals surface area contributed by atoms with E-state index in [1.54, 1.807) is 6.92 Å². The number of nitrogens with zero attached hydrogens (tertiary/aromatic N) is 2. The van der Waals surface area contributed by atoms with E-state index in [0.717, 1.165) is 22.2 Å². The molecule has 0 aromatic carbocycles. The van der Waals surface area contributed by atoms with Crippen molar-refractivity contribution in [2.75, 3.05) is 11.9 Å². The van der Waals surface area contributed by atoms with Crippen molar-refractivity contribution in [2.45, 2.75) is 13.8 Å². The third-order valence-electron chi connectivity index (χ3n) is 3.46. The van der Waals surface area contributed by atoms with E-state index >= 15 is 0 Å². The van der Waals surface area contributed by atoms with E-state index in [2.05, 4.69) is 10.4 Å². The van der Waals surface area contributed by atoms with Gasteiger partial charge in [-0.25, -0.2) is 9.59 Å². The lowest BCUT2D eigenvalue weighted by molar-refractivity contribution is 0.0526. The number of nitrogens with one attached hydrogen (secondary N) is 1. The lowest BCUT2D eigenvalue weighted by Gasteiger charge is -2.08. The Balaban J connectivity index is 2.49. The number of nitrogens with two attached hydrogens (primary N) is 1. The van der Waals surface area contributed by atoms with Crippen molar-refractivity contribution in [1.29, 1.82) is 0 Å². The first kappa shape index (κ1) is 19.1. The number of rotatable bonds is 6. The van der Waals surface area contributed by atoms with Gasteiger partial charge in [-0.3, -0.25) is 14.3 Å². The molecule has 0 aliphatic carbocycles. The van der Waals surface area contributed by atoms with E-state index in [0.29, 0.717) is 0 Å². The Morgan fingerprint density at radius 1 is 1.38 bits per heavy atom. The van der Waals surface area contributed by atoms with Gasteiger partial charge in [0.05, 0.1) is 23.2 Å². The minimum absolute atomic E-state index is 0.00181. The van der Waals surface area contributed by atoms with Crippen LogP contribution < -0.4 is 11.1 Å². The zero-order chi connectivity index (χ0) is 19.6. The number of amides is 2. The molecule has 26 heavy (non-hydrogen) atoms. The first-order chi connectivity index (χ1) is 12.2. The van der Waals surface area contributed by atoms with E-state index in [9.17, 15) is 19.2 Å². The Morgan fingerprint density at radius 3 is 2.58 bits per heavy atom. The molecule has 0 unspecified atom stereocenters. The van der Waals surface area contributed by atoms with Gasteiger partial charge in [-0.15, -0.1) is 11.3 Å². The van der Waals surface area contributed by atoms with Crippen LogP contribution in [0.2, 0.25) is 0 Å². The Kier molecular flexibility index (Phi) is 5.41. The molecule has 0 aliphatic rings. The van der Waals surface area contributed by atoms with Crippen LogP contribution in [0, 0.1) is 6.92 Å². The highest BCUT2D eigenvalue weighted by atomic mass is 32.1. The molecule has 11 heteroatoms. The Bertz CT molecular complexity index is 914. The summed E-state index contributed by atoms with van der Waals surface area (Å²) in [5, 5.41) is 15.4. The summed E-state index contributed by atoms with van der Waals surface area (Å²) < 4.78 is 6.05. The first-order valence-corrected chi connectivity index (χ1v) is 8.17. The number of thiophene rings is 1. The number of hydrogen-bond donors (Lipinski definition) is 3. The minimum atomic E-state index is -1.32. The summed E-state index contributed by atoms with van der Waals surface area (Å²) >= 11 is 0.810. The maximum absolute atomic E-state index is 12.5. The summed E-state index contributed by atoms with van der Waals surface area (Å²) in [7, 11) is 1.40. The van der Waals surface area contributed by atoms with E-state index in [1.165, 1.54) is 14.0 Å². The van der Waals surface area contributed by atoms with Gasteiger partial charge in [-0.05, 0) is 19.4 Å². The van der Waals surface area contributed by atoms with Crippen molar-refractivity contribution in [3.63, 3.8) is 0 Å². The number of carboxylic acids is 1. The van der Waals surface area contributed by atoms with Crippen LogP contribution in [0.5, 0.6) is 0 Å². The Labute approximate surface area is 151 Å². The van der Waals surface area contributed by atoms with Crippen LogP contribution in [0.4, 0.5) is 5.00 Å². The summed E-state index contributed by atoms with van der Waals surface area (Å²) in [5.41, 5.74) is 5.07. The Hall–Kier alpha value is -3.21. The summed E-state index contributed by atoms with van der Waals surface area (Å²) in [4.78, 5) is 47.6. The van der Waals surface area contributed by atoms with Gasteiger partial charge in [-0.1, -0.05) is 0 Å². The highest BCUT2D eigenvalue weighted by molar-refractivity contribution is 7.18. The number of primary amides is 1. The molecule has 2 aromatic rings. The molecular weight excluding hydrogens is 364 g/mol. The summed E-state index contributed by atoms with van der Waals surface area (Å²) in [6.45, 7) is 3.21. The molecule has 4 N–H and O–H groups in total. The van der Waals surface area contributed by atoms with Crippen molar-refractivity contribution in [3.05, 3.63) is 33.5 Å². The molecule has 2 rings (SSSR count). The van der Waals surface area contributed by atoms with Gasteiger partial charge in [0.15, 0.2) is 0 Å². The van der Waals surface area contributed by atoms with E-state index in [4.69, 9.17) is 15.6 Å². The van der Waals surface area contributed by atoms with Crippen molar-refractivity contribution in [2.24, 2.45) is 12.8 Å². The lowest BCUT2D eigenvalue weighted by Crippen LogP contribution is -2.20. The van der Waals surface area contributed by atoms with Gasteiger partial charge >= 0.3 is 11.9 Å². The fourth-order valence-corrected chi connectivity index (χ4v) is 3.35. The van der Waals surface area contributed by atoms with E-state index in [1.807, 2.05) is 0 Å². The monoisotopic (exact) mass is 380 g/mol. The normalized spacial score (nSPS) is 10.4. The number of aryl methyl sites for hydroxylation is 1. The second kappa shape index (κ2) is 7.35. The highest BCUT2D eigenvalue weighted by Crippen LogP contribution is 2.34. The maximum Gasteiger partial charge on any atom is 0.341 e. The predicted molar refractivity (Wildman–Crippen MR) is 91.7 cm³/mol. The van der Waals surface area contributed by atoms with Crippen LogP contribution in [0.15, 0.2) is 6.20 Å². The van der Waals surface area contributed by atoms with Crippen molar-refractivity contribution in [1.82, 2.24) is 9.78 Å². The first-order valence-electron chi connectivity index (χ1n) is 7.35. The van der Waals surface area contributed by atoms with Crippen molar-refractivity contribution >= 4 is 40.1 Å². The molecule has 0 saturated carbocycles. The van der Waals surface area contributed by atoms with Crippen LogP contribution in [0.3, 0.4) is 0 Å². The standard InChI is InChI=1S/C15H16N4O6S/c1-4-25-15(24)8-6(2)10(11(16)20)26-13(8)18-12(21)9-7(14(22)23)5-17-19(9)3/h5H,4H2,1-3H3,(H2,16,20)(H,18,21)(H,22,23). The molecule has 10 nitrogen and oxygen atoms in total. The number of aromatic carboxylic acids is 1. The number of hydrogen-bond acceptors (Lipinski definition) is 7. The molecule has 0 radical (unpaired) electrons. The largest absolute Gasteiger partial charge is 0.478 e. The molecule has 0 atom stereocenters. The smallest absolute Gasteiger partial charge is 0.341 e. The zero-order valence-electron chi connectivity index (χ0n) is 14.2. The number of ether oxygens (including phenoxy) is 1. The lowest BCUT2D eigenvalue weighted by atomic mass is 10.1. The predicted octanol–water partition coefficient (Wildman–Crippen LogP) is 1.02. The molecule has 0 fully saturated rings. The fraction of sp³-hybridized carbons (Fsp3) is 0.267. The van der Waals surface area contributed by atoms with Crippen LogP contribution >= 0.6 is 11.3 Å². The van der Waals surface area contributed by atoms with E-state index < -0.39 is 23.8 Å². The minimum Gasteiger partial charge on any atom is -0.478 e. The molecule has 0 saturated heterocycles. The second-order valence-corrected chi connectivity index (χ2v) is 6.16. The SMILES string of the molecule is CCOC(=O)c1c(NC(=O)c2c(C(=O)O)cnn2C)sc(C(N)=O)c1C. The number of carbonyl (C=O) groups is 4. The van der Waals surface area contributed by atoms with Gasteiger partial charge in [0.1, 0.15) is 16.3 Å². The van der Waals surface area contributed by atoms with Gasteiger partial charge in [-0.2, -0.15) is 5.10 Å². The number of anilines is 1. The second-order valence-electron chi connectivity index (χ2n) is 5.13. The van der Waals surface area contributed by atoms with Gasteiger partial charge in [0, 0.05) is 7.05 Å². The molecule has 0 aliphatic heterocycles. The van der Waals surface area contributed by atoms with Gasteiger partial charge < -0.3 is 20.9 Å². The Morgan fingerprint density at radius 2 is 2.04 bits per heavy atom. The number of carboxylic acid groups (broad SMARTS) is 1. The maximum atomic E-state index is 12.5. The van der Waals surface area contributed by atoms with Crippen LogP contribution in [-0.2, 0) is 11.8 Å². The summed E-state index contributed by atoms with van der Waals surface area (Å²) in [6.07, 6.45) is 1.04. The molecule has 2 aromatic heterocycles. The topological polar surface area (TPSA) is 154 Å². The fourth-order valence-electron chi connectivity index (χ4n) is 2.31.